The van der Waals surface area contributed by atoms with Gasteiger partial charge in [0.25, 0.3) is 0 Å². The van der Waals surface area contributed by atoms with Gasteiger partial charge in [-0.2, -0.15) is 0 Å². The molecular weight excluding hydrogens is 797 g/mol. The first-order valence-electron chi connectivity index (χ1n) is 21.5. The van der Waals surface area contributed by atoms with Gasteiger partial charge in [0.1, 0.15) is 17.5 Å². The standard InChI is InChI=1S/C45H64N8O7S/c1-59-41-26-35(14-15-36(41)28-47)29-48-42(54)40-31-52(44(56)60-38-12-8-11-34(25-38)27-46)23-24-53(40)43(55)39(13-6-7-21-49-61(2,57)58)50-37-16-18-45(19-17-37)20-22-51(32-45)30-33-9-4-3-5-10-33/h3-5,8-12,14-15,25-26,37,39-40,49-50H,6-7,13,16-24,27-32,46-47H2,1-2H3,(H,48,54)/t37?,39-,40+,45?/m1/s1. The van der Waals surface area contributed by atoms with E-state index in [1.54, 1.807) is 30.2 Å². The fourth-order valence-electron chi connectivity index (χ4n) is 9.02. The summed E-state index contributed by atoms with van der Waals surface area (Å²) in [5.41, 5.74) is 15.7. The minimum absolute atomic E-state index is 0.0706. The van der Waals surface area contributed by atoms with Crippen LogP contribution in [0.4, 0.5) is 4.79 Å². The van der Waals surface area contributed by atoms with E-state index in [9.17, 15) is 22.8 Å². The molecule has 6 rings (SSSR count). The molecule has 2 atom stereocenters. The van der Waals surface area contributed by atoms with E-state index in [4.69, 9.17) is 20.9 Å². The summed E-state index contributed by atoms with van der Waals surface area (Å²) < 4.78 is 37.3. The largest absolute Gasteiger partial charge is 0.496 e. The lowest BCUT2D eigenvalue weighted by Crippen LogP contribution is -2.64. The number of methoxy groups -OCH3 is 1. The number of ether oxygens (including phenoxy) is 2. The van der Waals surface area contributed by atoms with Crippen LogP contribution in [0.1, 0.15) is 73.6 Å². The van der Waals surface area contributed by atoms with Crippen molar-refractivity contribution in [2.24, 2.45) is 16.9 Å². The minimum atomic E-state index is -3.35. The topological polar surface area (TPSA) is 202 Å². The van der Waals surface area contributed by atoms with Crippen molar-refractivity contribution >= 4 is 27.9 Å². The van der Waals surface area contributed by atoms with Gasteiger partial charge in [-0.3, -0.25) is 14.5 Å². The zero-order chi connectivity index (χ0) is 43.4. The first kappa shape index (κ1) is 45.9. The molecule has 0 unspecified atom stereocenters. The minimum Gasteiger partial charge on any atom is -0.496 e. The molecule has 2 aliphatic heterocycles. The van der Waals surface area contributed by atoms with Gasteiger partial charge in [0.05, 0.1) is 26.0 Å². The van der Waals surface area contributed by atoms with E-state index >= 15 is 0 Å². The molecule has 3 aliphatic rings. The average Bonchev–Trinajstić information content (AvgIpc) is 3.66. The Morgan fingerprint density at radius 3 is 2.38 bits per heavy atom. The van der Waals surface area contributed by atoms with Crippen LogP contribution in [0.25, 0.3) is 0 Å². The second-order valence-corrected chi connectivity index (χ2v) is 18.7. The second kappa shape index (κ2) is 21.5. The number of rotatable bonds is 18. The number of amides is 3. The molecule has 332 valence electrons. The van der Waals surface area contributed by atoms with Crippen LogP contribution >= 0.6 is 0 Å². The third-order valence-corrected chi connectivity index (χ3v) is 13.2. The highest BCUT2D eigenvalue weighted by molar-refractivity contribution is 7.88. The predicted octanol–water partition coefficient (Wildman–Crippen LogP) is 3.45. The number of nitrogens with zero attached hydrogens (tertiary/aromatic N) is 3. The first-order valence-corrected chi connectivity index (χ1v) is 23.4. The molecule has 3 fully saturated rings. The highest BCUT2D eigenvalue weighted by Gasteiger charge is 2.43. The number of benzene rings is 3. The number of likely N-dealkylation sites (tertiary alicyclic amines) is 1. The van der Waals surface area contributed by atoms with E-state index < -0.39 is 34.1 Å². The van der Waals surface area contributed by atoms with Crippen LogP contribution in [0.15, 0.2) is 72.8 Å². The maximum atomic E-state index is 14.8. The number of carbonyl (C=O) groups is 3. The number of nitrogens with one attached hydrogen (secondary N) is 3. The van der Waals surface area contributed by atoms with Crippen molar-refractivity contribution in [3.63, 3.8) is 0 Å². The van der Waals surface area contributed by atoms with Gasteiger partial charge in [-0.05, 0) is 91.8 Å². The fraction of sp³-hybridized carbons (Fsp3) is 0.533. The number of sulfonamides is 1. The van der Waals surface area contributed by atoms with Gasteiger partial charge >= 0.3 is 6.09 Å². The normalized spacial score (nSPS) is 21.3. The average molecular weight is 861 g/mol. The maximum absolute atomic E-state index is 14.8. The summed E-state index contributed by atoms with van der Waals surface area (Å²) in [6, 6.07) is 21.6. The zero-order valence-corrected chi connectivity index (χ0v) is 36.5. The summed E-state index contributed by atoms with van der Waals surface area (Å²) in [6.45, 7) is 4.32. The van der Waals surface area contributed by atoms with Gasteiger partial charge in [0, 0.05) is 64.0 Å². The SMILES string of the molecule is COc1cc(CNC(=O)[C@@H]2CN(C(=O)Oc3cccc(CN)c3)CCN2C(=O)[C@@H](CCCCNS(C)(=O)=O)NC2CCC3(CC2)CCN(Cc2ccccc2)C3)ccc1CN. The maximum Gasteiger partial charge on any atom is 0.415 e. The molecule has 2 saturated heterocycles. The molecule has 0 radical (unpaired) electrons. The van der Waals surface area contributed by atoms with Crippen LogP contribution < -0.4 is 36.3 Å². The molecule has 0 aromatic heterocycles. The highest BCUT2D eigenvalue weighted by Crippen LogP contribution is 2.44. The molecule has 0 bridgehead atoms. The molecule has 2 heterocycles. The highest BCUT2D eigenvalue weighted by atomic mass is 32.2. The van der Waals surface area contributed by atoms with Crippen LogP contribution in [0, 0.1) is 5.41 Å². The molecule has 16 heteroatoms. The Morgan fingerprint density at radius 2 is 1.66 bits per heavy atom. The van der Waals surface area contributed by atoms with E-state index in [1.165, 1.54) is 10.5 Å². The lowest BCUT2D eigenvalue weighted by atomic mass is 9.72. The Kier molecular flexibility index (Phi) is 16.2. The molecule has 7 N–H and O–H groups in total. The molecule has 3 amide bonds. The first-order chi connectivity index (χ1) is 29.4. The summed E-state index contributed by atoms with van der Waals surface area (Å²) >= 11 is 0. The molecule has 15 nitrogen and oxygen atoms in total. The Labute approximate surface area is 360 Å². The number of carbonyl (C=O) groups excluding carboxylic acids is 3. The molecular formula is C45H64N8O7S. The van der Waals surface area contributed by atoms with Crippen LogP contribution in [0.3, 0.4) is 0 Å². The number of hydrogen-bond acceptors (Lipinski definition) is 11. The summed E-state index contributed by atoms with van der Waals surface area (Å²) in [7, 11) is -1.78. The monoisotopic (exact) mass is 860 g/mol. The third kappa shape index (κ3) is 13.0. The van der Waals surface area contributed by atoms with E-state index in [0.29, 0.717) is 37.3 Å². The molecule has 3 aromatic rings. The van der Waals surface area contributed by atoms with E-state index in [0.717, 1.165) is 74.7 Å². The molecule has 1 aliphatic carbocycles. The van der Waals surface area contributed by atoms with Crippen molar-refractivity contribution in [3.8, 4) is 11.5 Å². The molecule has 1 spiro atoms. The Morgan fingerprint density at radius 1 is 0.885 bits per heavy atom. The van der Waals surface area contributed by atoms with Crippen molar-refractivity contribution in [3.05, 3.63) is 95.1 Å². The van der Waals surface area contributed by atoms with Crippen LogP contribution in [0.5, 0.6) is 11.5 Å². The lowest BCUT2D eigenvalue weighted by molar-refractivity contribution is -0.145. The van der Waals surface area contributed by atoms with Crippen LogP contribution in [0.2, 0.25) is 0 Å². The third-order valence-electron chi connectivity index (χ3n) is 12.4. The Bertz CT molecular complexity index is 2050. The summed E-state index contributed by atoms with van der Waals surface area (Å²) in [5, 5.41) is 6.73. The van der Waals surface area contributed by atoms with Crippen molar-refractivity contribution in [2.75, 3.05) is 52.6 Å². The van der Waals surface area contributed by atoms with Gasteiger partial charge in [0.2, 0.25) is 21.8 Å². The van der Waals surface area contributed by atoms with Gasteiger partial charge < -0.3 is 41.4 Å². The second-order valence-electron chi connectivity index (χ2n) is 16.9. The van der Waals surface area contributed by atoms with E-state index in [2.05, 4.69) is 44.5 Å². The zero-order valence-electron chi connectivity index (χ0n) is 35.7. The van der Waals surface area contributed by atoms with Crippen LogP contribution in [-0.2, 0) is 45.8 Å². The van der Waals surface area contributed by atoms with Gasteiger partial charge in [-0.1, -0.05) is 61.0 Å². The molecule has 61 heavy (non-hydrogen) atoms. The van der Waals surface area contributed by atoms with Crippen molar-refractivity contribution < 1.29 is 32.3 Å². The number of hydrogen-bond donors (Lipinski definition) is 5. The number of nitrogens with two attached hydrogens (primary N) is 2. The summed E-state index contributed by atoms with van der Waals surface area (Å²) in [5.74, 6) is 0.328. The Hall–Kier alpha value is -4.58. The van der Waals surface area contributed by atoms with Gasteiger partial charge in [0.15, 0.2) is 0 Å². The van der Waals surface area contributed by atoms with Gasteiger partial charge in [-0.25, -0.2) is 17.9 Å². The van der Waals surface area contributed by atoms with Crippen molar-refractivity contribution in [1.82, 2.24) is 30.1 Å². The number of piperazine rings is 1. The summed E-state index contributed by atoms with van der Waals surface area (Å²) in [6.07, 6.45) is 7.24. The van der Waals surface area contributed by atoms with E-state index in [-0.39, 0.29) is 56.6 Å². The summed E-state index contributed by atoms with van der Waals surface area (Å²) in [4.78, 5) is 48.2. The molecule has 3 aromatic carbocycles. The fourth-order valence-corrected chi connectivity index (χ4v) is 9.53. The van der Waals surface area contributed by atoms with Gasteiger partial charge in [-0.15, -0.1) is 0 Å². The van der Waals surface area contributed by atoms with Crippen molar-refractivity contribution in [2.45, 2.75) is 95.7 Å². The van der Waals surface area contributed by atoms with E-state index in [1.807, 2.05) is 30.3 Å². The smallest absolute Gasteiger partial charge is 0.415 e. The predicted molar refractivity (Wildman–Crippen MR) is 235 cm³/mol. The van der Waals surface area contributed by atoms with Crippen molar-refractivity contribution in [1.29, 1.82) is 0 Å². The lowest BCUT2D eigenvalue weighted by Gasteiger charge is -2.43. The Balaban J connectivity index is 1.16. The quantitative estimate of drug-likeness (QED) is 0.117. The van der Waals surface area contributed by atoms with Crippen LogP contribution in [-0.4, -0.2) is 112 Å². The number of unbranched alkanes of at least 4 members (excludes halogenated alkanes) is 1. The molecule has 1 saturated carbocycles.